The van der Waals surface area contributed by atoms with E-state index in [2.05, 4.69) is 40.4 Å². The van der Waals surface area contributed by atoms with Crippen molar-refractivity contribution < 1.29 is 13.6 Å². The van der Waals surface area contributed by atoms with Crippen molar-refractivity contribution in [2.45, 2.75) is 25.7 Å². The summed E-state index contributed by atoms with van der Waals surface area (Å²) in [6.07, 6.45) is 9.91. The van der Waals surface area contributed by atoms with E-state index in [4.69, 9.17) is 0 Å². The Hall–Kier alpha value is -5.06. The molecule has 1 saturated carbocycles. The lowest BCUT2D eigenvalue weighted by molar-refractivity contribution is -0.119. The number of carbonyl (C=O) groups excluding carboxylic acids is 1. The molecule has 40 heavy (non-hydrogen) atoms. The third-order valence-corrected chi connectivity index (χ3v) is 7.31. The molecular weight excluding hydrogens is 514 g/mol. The number of pyridine rings is 3. The molecule has 0 unspecified atom stereocenters. The van der Waals surface area contributed by atoms with Gasteiger partial charge in [0.1, 0.15) is 22.8 Å². The third kappa shape index (κ3) is 4.15. The molecular formula is C29H22F2N8O. The summed E-state index contributed by atoms with van der Waals surface area (Å²) in [7, 11) is 0. The highest BCUT2D eigenvalue weighted by Crippen LogP contribution is 2.35. The van der Waals surface area contributed by atoms with Gasteiger partial charge in [0.15, 0.2) is 17.1 Å². The fourth-order valence-electron chi connectivity index (χ4n) is 5.33. The van der Waals surface area contributed by atoms with E-state index in [1.807, 2.05) is 0 Å². The normalized spacial score (nSPS) is 13.8. The number of benzene rings is 1. The Balaban J connectivity index is 1.28. The Kier molecular flexibility index (Phi) is 5.76. The summed E-state index contributed by atoms with van der Waals surface area (Å²) in [5, 5.41) is 10.1. The van der Waals surface area contributed by atoms with Gasteiger partial charge in [0.05, 0.1) is 17.3 Å². The monoisotopic (exact) mass is 536 g/mol. The van der Waals surface area contributed by atoms with Crippen molar-refractivity contribution in [2.75, 3.05) is 5.32 Å². The van der Waals surface area contributed by atoms with Crippen molar-refractivity contribution in [3.63, 3.8) is 0 Å². The SMILES string of the molecule is O=C(Nc1cncc(-c2cnc3[nH]nc(-c4nc5c(-c6cccc(F)c6)ccnc5[nH]4)c3c2F)c1)C1CCCC1. The van der Waals surface area contributed by atoms with Crippen LogP contribution in [-0.4, -0.2) is 41.0 Å². The summed E-state index contributed by atoms with van der Waals surface area (Å²) >= 11 is 0. The second-order valence-electron chi connectivity index (χ2n) is 9.87. The Morgan fingerprint density at radius 3 is 2.67 bits per heavy atom. The first-order valence-electron chi connectivity index (χ1n) is 12.9. The number of H-pyrrole nitrogens is 2. The molecule has 0 aliphatic heterocycles. The summed E-state index contributed by atoms with van der Waals surface area (Å²) in [6.45, 7) is 0. The number of aromatic nitrogens is 7. The molecule has 1 aromatic carbocycles. The predicted octanol–water partition coefficient (Wildman–Crippen LogP) is 6.03. The first-order chi connectivity index (χ1) is 19.5. The maximum atomic E-state index is 16.1. The number of hydrogen-bond acceptors (Lipinski definition) is 6. The van der Waals surface area contributed by atoms with Gasteiger partial charge in [-0.25, -0.2) is 23.7 Å². The van der Waals surface area contributed by atoms with Gasteiger partial charge < -0.3 is 10.3 Å². The van der Waals surface area contributed by atoms with Gasteiger partial charge in [-0.1, -0.05) is 25.0 Å². The zero-order chi connectivity index (χ0) is 27.2. The molecule has 9 nitrogen and oxygen atoms in total. The maximum Gasteiger partial charge on any atom is 0.227 e. The van der Waals surface area contributed by atoms with Crippen LogP contribution in [0.4, 0.5) is 14.5 Å². The molecule has 0 spiro atoms. The van der Waals surface area contributed by atoms with Crippen molar-refractivity contribution in [2.24, 2.45) is 5.92 Å². The number of carbonyl (C=O) groups is 1. The van der Waals surface area contributed by atoms with E-state index in [0.29, 0.717) is 33.5 Å². The van der Waals surface area contributed by atoms with Gasteiger partial charge in [0.2, 0.25) is 5.91 Å². The quantitative estimate of drug-likeness (QED) is 0.247. The highest BCUT2D eigenvalue weighted by atomic mass is 19.1. The molecule has 0 bridgehead atoms. The number of imidazole rings is 1. The number of amides is 1. The molecule has 1 aliphatic rings. The van der Waals surface area contributed by atoms with Gasteiger partial charge >= 0.3 is 0 Å². The smallest absolute Gasteiger partial charge is 0.227 e. The van der Waals surface area contributed by atoms with Crippen molar-refractivity contribution in [1.29, 1.82) is 0 Å². The van der Waals surface area contributed by atoms with Crippen LogP contribution in [0.15, 0.2) is 61.2 Å². The minimum Gasteiger partial charge on any atom is -0.324 e. The fourth-order valence-corrected chi connectivity index (χ4v) is 5.33. The minimum atomic E-state index is -0.561. The van der Waals surface area contributed by atoms with E-state index < -0.39 is 5.82 Å². The van der Waals surface area contributed by atoms with Crippen LogP contribution >= 0.6 is 0 Å². The molecule has 5 aromatic heterocycles. The van der Waals surface area contributed by atoms with Crippen LogP contribution in [0.1, 0.15) is 25.7 Å². The second-order valence-corrected chi connectivity index (χ2v) is 9.87. The van der Waals surface area contributed by atoms with E-state index in [1.54, 1.807) is 36.7 Å². The van der Waals surface area contributed by atoms with Gasteiger partial charge in [0.25, 0.3) is 0 Å². The van der Waals surface area contributed by atoms with Gasteiger partial charge in [-0.05, 0) is 42.7 Å². The lowest BCUT2D eigenvalue weighted by Gasteiger charge is -2.11. The Labute approximate surface area is 226 Å². The van der Waals surface area contributed by atoms with Gasteiger partial charge in [-0.2, -0.15) is 5.10 Å². The van der Waals surface area contributed by atoms with Crippen LogP contribution in [-0.2, 0) is 4.79 Å². The average molecular weight is 537 g/mol. The van der Waals surface area contributed by atoms with Crippen molar-refractivity contribution in [3.8, 4) is 33.8 Å². The number of aromatic amines is 2. The Morgan fingerprint density at radius 1 is 0.950 bits per heavy atom. The zero-order valence-electron chi connectivity index (χ0n) is 21.1. The summed E-state index contributed by atoms with van der Waals surface area (Å²) < 4.78 is 30.0. The van der Waals surface area contributed by atoms with E-state index >= 15 is 4.39 Å². The molecule has 7 rings (SSSR count). The van der Waals surface area contributed by atoms with Gasteiger partial charge in [-0.3, -0.25) is 14.9 Å². The molecule has 11 heteroatoms. The molecule has 0 atom stereocenters. The minimum absolute atomic E-state index is 0.00775. The van der Waals surface area contributed by atoms with Crippen LogP contribution in [0.5, 0.6) is 0 Å². The van der Waals surface area contributed by atoms with Crippen LogP contribution in [0.2, 0.25) is 0 Å². The number of hydrogen-bond donors (Lipinski definition) is 3. The number of nitrogens with one attached hydrogen (secondary N) is 3. The average Bonchev–Trinajstić information content (AvgIpc) is 3.73. The number of rotatable bonds is 5. The summed E-state index contributed by atoms with van der Waals surface area (Å²) in [4.78, 5) is 33.3. The topological polar surface area (TPSA) is 125 Å². The number of fused-ring (bicyclic) bond motifs is 2. The summed E-state index contributed by atoms with van der Waals surface area (Å²) in [5.41, 5.74) is 3.89. The Morgan fingerprint density at radius 2 is 1.82 bits per heavy atom. The van der Waals surface area contributed by atoms with E-state index in [-0.39, 0.29) is 45.8 Å². The molecule has 1 aliphatic carbocycles. The van der Waals surface area contributed by atoms with E-state index in [1.165, 1.54) is 24.5 Å². The first kappa shape index (κ1) is 24.0. The summed E-state index contributed by atoms with van der Waals surface area (Å²) in [5.74, 6) is -0.695. The van der Waals surface area contributed by atoms with Crippen LogP contribution in [0.3, 0.4) is 0 Å². The van der Waals surface area contributed by atoms with Gasteiger partial charge in [-0.15, -0.1) is 0 Å². The van der Waals surface area contributed by atoms with Crippen molar-refractivity contribution >= 4 is 33.8 Å². The largest absolute Gasteiger partial charge is 0.324 e. The molecule has 6 aromatic rings. The van der Waals surface area contributed by atoms with E-state index in [0.717, 1.165) is 25.7 Å². The van der Waals surface area contributed by atoms with Crippen LogP contribution in [0.25, 0.3) is 56.0 Å². The van der Waals surface area contributed by atoms with Crippen molar-refractivity contribution in [1.82, 2.24) is 35.1 Å². The lowest BCUT2D eigenvalue weighted by atomic mass is 10.1. The molecule has 5 heterocycles. The Bertz CT molecular complexity index is 1910. The predicted molar refractivity (Wildman–Crippen MR) is 146 cm³/mol. The van der Waals surface area contributed by atoms with Gasteiger partial charge in [0, 0.05) is 41.2 Å². The second kappa shape index (κ2) is 9.60. The molecule has 198 valence electrons. The molecule has 3 N–H and O–H groups in total. The maximum absolute atomic E-state index is 16.1. The lowest BCUT2D eigenvalue weighted by Crippen LogP contribution is -2.20. The first-order valence-corrected chi connectivity index (χ1v) is 12.9. The van der Waals surface area contributed by atoms with E-state index in [9.17, 15) is 9.18 Å². The molecule has 0 radical (unpaired) electrons. The number of nitrogens with zero attached hydrogens (tertiary/aromatic N) is 5. The highest BCUT2D eigenvalue weighted by molar-refractivity contribution is 5.97. The molecule has 0 saturated heterocycles. The highest BCUT2D eigenvalue weighted by Gasteiger charge is 2.24. The summed E-state index contributed by atoms with van der Waals surface area (Å²) in [6, 6.07) is 9.62. The molecule has 1 fully saturated rings. The third-order valence-electron chi connectivity index (χ3n) is 7.31. The standard InChI is InChI=1S/C29H22F2N8O/c30-18-7-3-6-16(10-18)20-8-9-33-27-24(20)36-28(37-27)25-22-23(31)21(14-34-26(22)39-38-25)17-11-19(13-32-12-17)35-29(40)15-4-1-2-5-15/h3,6-15H,1-2,4-5H2,(H,35,40)(H,33,36,37)(H,34,38,39). The molecule has 1 amide bonds. The van der Waals surface area contributed by atoms with Crippen molar-refractivity contribution in [3.05, 3.63) is 72.8 Å². The number of halogens is 2. The zero-order valence-corrected chi connectivity index (χ0v) is 21.1. The van der Waals surface area contributed by atoms with Crippen LogP contribution < -0.4 is 5.32 Å². The van der Waals surface area contributed by atoms with Crippen LogP contribution in [0, 0.1) is 17.6 Å². The fraction of sp³-hybridized carbons (Fsp3) is 0.172. The number of anilines is 1.